The normalized spacial score (nSPS) is 10.7. The monoisotopic (exact) mass is 264 g/mol. The van der Waals surface area contributed by atoms with Crippen molar-refractivity contribution < 1.29 is 9.84 Å². The molecule has 0 spiro atoms. The summed E-state index contributed by atoms with van der Waals surface area (Å²) in [6, 6.07) is 19.9. The summed E-state index contributed by atoms with van der Waals surface area (Å²) in [7, 11) is 0. The second-order valence-electron chi connectivity index (χ2n) is 4.84. The third-order valence-electron chi connectivity index (χ3n) is 3.39. The van der Waals surface area contributed by atoms with E-state index in [-0.39, 0.29) is 6.61 Å². The Morgan fingerprint density at radius 2 is 1.70 bits per heavy atom. The molecule has 0 atom stereocenters. The molecule has 100 valence electrons. The van der Waals surface area contributed by atoms with Crippen molar-refractivity contribution in [3.05, 3.63) is 71.8 Å². The maximum absolute atomic E-state index is 9.14. The van der Waals surface area contributed by atoms with Crippen LogP contribution in [0.4, 0.5) is 0 Å². The molecule has 0 amide bonds. The van der Waals surface area contributed by atoms with Gasteiger partial charge in [-0.25, -0.2) is 0 Å². The molecule has 2 heteroatoms. The Bertz CT molecular complexity index is 742. The molecule has 2 nitrogen and oxygen atoms in total. The Labute approximate surface area is 118 Å². The summed E-state index contributed by atoms with van der Waals surface area (Å²) in [5, 5.41) is 11.4. The van der Waals surface area contributed by atoms with Gasteiger partial charge in [-0.2, -0.15) is 0 Å². The number of ether oxygens (including phenoxy) is 1. The van der Waals surface area contributed by atoms with Crippen LogP contribution in [0, 0.1) is 6.92 Å². The number of rotatable bonds is 3. The Hall–Kier alpha value is -2.32. The van der Waals surface area contributed by atoms with Crippen LogP contribution in [0.2, 0.25) is 0 Å². The third-order valence-corrected chi connectivity index (χ3v) is 3.39. The molecule has 20 heavy (non-hydrogen) atoms. The van der Waals surface area contributed by atoms with Gasteiger partial charge in [0.25, 0.3) is 0 Å². The molecule has 0 aliphatic heterocycles. The van der Waals surface area contributed by atoms with E-state index in [9.17, 15) is 0 Å². The van der Waals surface area contributed by atoms with Crippen LogP contribution in [0.1, 0.15) is 11.1 Å². The van der Waals surface area contributed by atoms with E-state index in [0.717, 1.165) is 33.4 Å². The van der Waals surface area contributed by atoms with Gasteiger partial charge < -0.3 is 9.84 Å². The first-order valence-corrected chi connectivity index (χ1v) is 6.64. The maximum Gasteiger partial charge on any atom is 0.135 e. The molecule has 0 bridgehead atoms. The minimum Gasteiger partial charge on any atom is -0.456 e. The summed E-state index contributed by atoms with van der Waals surface area (Å²) in [6.07, 6.45) is 0. The van der Waals surface area contributed by atoms with E-state index >= 15 is 0 Å². The number of aryl methyl sites for hydroxylation is 1. The molecule has 0 fully saturated rings. The van der Waals surface area contributed by atoms with Crippen LogP contribution < -0.4 is 4.74 Å². The Kier molecular flexibility index (Phi) is 3.40. The topological polar surface area (TPSA) is 29.5 Å². The number of hydrogen-bond acceptors (Lipinski definition) is 2. The molecular formula is C18H16O2. The predicted molar refractivity (Wildman–Crippen MR) is 81.1 cm³/mol. The zero-order valence-corrected chi connectivity index (χ0v) is 11.3. The third kappa shape index (κ3) is 2.38. The fourth-order valence-corrected chi connectivity index (χ4v) is 2.33. The quantitative estimate of drug-likeness (QED) is 0.758. The molecule has 0 aromatic heterocycles. The van der Waals surface area contributed by atoms with Gasteiger partial charge >= 0.3 is 0 Å². The second-order valence-corrected chi connectivity index (χ2v) is 4.84. The molecule has 3 rings (SSSR count). The van der Waals surface area contributed by atoms with Gasteiger partial charge in [0.1, 0.15) is 11.5 Å². The molecule has 0 unspecified atom stereocenters. The summed E-state index contributed by atoms with van der Waals surface area (Å²) in [5.41, 5.74) is 1.91. The van der Waals surface area contributed by atoms with Gasteiger partial charge in [0.05, 0.1) is 6.61 Å². The highest BCUT2D eigenvalue weighted by Crippen LogP contribution is 2.31. The van der Waals surface area contributed by atoms with Gasteiger partial charge in [-0.1, -0.05) is 48.5 Å². The van der Waals surface area contributed by atoms with E-state index in [1.54, 1.807) is 0 Å². The number of aliphatic hydroxyl groups is 1. The second kappa shape index (κ2) is 5.35. The predicted octanol–water partition coefficient (Wildman–Crippen LogP) is 4.43. The fourth-order valence-electron chi connectivity index (χ4n) is 2.33. The highest BCUT2D eigenvalue weighted by atomic mass is 16.5. The van der Waals surface area contributed by atoms with Crippen molar-refractivity contribution in [2.24, 2.45) is 0 Å². The van der Waals surface area contributed by atoms with Gasteiger partial charge in [0, 0.05) is 5.39 Å². The van der Waals surface area contributed by atoms with E-state index in [1.165, 1.54) is 0 Å². The lowest BCUT2D eigenvalue weighted by Gasteiger charge is -2.12. The SMILES string of the molecule is Cc1cc(CO)ccc1Oc1cccc2ccccc12. The summed E-state index contributed by atoms with van der Waals surface area (Å²) in [5.74, 6) is 1.67. The summed E-state index contributed by atoms with van der Waals surface area (Å²) < 4.78 is 6.04. The van der Waals surface area contributed by atoms with Crippen LogP contribution in [0.3, 0.4) is 0 Å². The zero-order chi connectivity index (χ0) is 13.9. The van der Waals surface area contributed by atoms with Crippen LogP contribution in [0.5, 0.6) is 11.5 Å². The van der Waals surface area contributed by atoms with Crippen molar-refractivity contribution in [1.82, 2.24) is 0 Å². The van der Waals surface area contributed by atoms with E-state index in [4.69, 9.17) is 9.84 Å². The first-order valence-electron chi connectivity index (χ1n) is 6.64. The van der Waals surface area contributed by atoms with Gasteiger partial charge in [0.2, 0.25) is 0 Å². The molecule has 3 aromatic rings. The number of aliphatic hydroxyl groups excluding tert-OH is 1. The van der Waals surface area contributed by atoms with Crippen LogP contribution in [0.25, 0.3) is 10.8 Å². The van der Waals surface area contributed by atoms with Crippen molar-refractivity contribution >= 4 is 10.8 Å². The fraction of sp³-hybridized carbons (Fsp3) is 0.111. The van der Waals surface area contributed by atoms with Gasteiger partial charge in [-0.05, 0) is 35.6 Å². The van der Waals surface area contributed by atoms with Crippen molar-refractivity contribution in [3.63, 3.8) is 0 Å². The van der Waals surface area contributed by atoms with E-state index in [0.29, 0.717) is 0 Å². The number of fused-ring (bicyclic) bond motifs is 1. The minimum atomic E-state index is 0.0510. The van der Waals surface area contributed by atoms with E-state index in [2.05, 4.69) is 18.2 Å². The molecule has 0 saturated heterocycles. The van der Waals surface area contributed by atoms with E-state index < -0.39 is 0 Å². The summed E-state index contributed by atoms with van der Waals surface area (Å²) >= 11 is 0. The van der Waals surface area contributed by atoms with Crippen LogP contribution in [0.15, 0.2) is 60.7 Å². The standard InChI is InChI=1S/C18H16O2/c1-13-11-14(12-19)9-10-17(13)20-18-8-4-6-15-5-2-3-7-16(15)18/h2-11,19H,12H2,1H3. The lowest BCUT2D eigenvalue weighted by Crippen LogP contribution is -1.91. The largest absolute Gasteiger partial charge is 0.456 e. The number of hydrogen-bond donors (Lipinski definition) is 1. The highest BCUT2D eigenvalue weighted by molar-refractivity contribution is 5.88. The molecule has 3 aromatic carbocycles. The van der Waals surface area contributed by atoms with Gasteiger partial charge in [0.15, 0.2) is 0 Å². The zero-order valence-electron chi connectivity index (χ0n) is 11.3. The smallest absolute Gasteiger partial charge is 0.135 e. The molecule has 0 radical (unpaired) electrons. The Morgan fingerprint density at radius 1 is 0.900 bits per heavy atom. The first-order chi connectivity index (χ1) is 9.78. The van der Waals surface area contributed by atoms with Crippen molar-refractivity contribution in [2.75, 3.05) is 0 Å². The van der Waals surface area contributed by atoms with Crippen molar-refractivity contribution in [1.29, 1.82) is 0 Å². The summed E-state index contributed by atoms with van der Waals surface area (Å²) in [6.45, 7) is 2.04. The average molecular weight is 264 g/mol. The number of benzene rings is 3. The molecule has 1 N–H and O–H groups in total. The average Bonchev–Trinajstić information content (AvgIpc) is 2.49. The molecule has 0 aliphatic rings. The lowest BCUT2D eigenvalue weighted by molar-refractivity contribution is 0.281. The van der Waals surface area contributed by atoms with Crippen LogP contribution in [-0.2, 0) is 6.61 Å². The molecular weight excluding hydrogens is 248 g/mol. The van der Waals surface area contributed by atoms with Crippen molar-refractivity contribution in [2.45, 2.75) is 13.5 Å². The van der Waals surface area contributed by atoms with Crippen LogP contribution >= 0.6 is 0 Å². The van der Waals surface area contributed by atoms with Crippen molar-refractivity contribution in [3.8, 4) is 11.5 Å². The molecule has 0 saturated carbocycles. The lowest BCUT2D eigenvalue weighted by atomic mass is 10.1. The summed E-state index contributed by atoms with van der Waals surface area (Å²) in [4.78, 5) is 0. The van der Waals surface area contributed by atoms with E-state index in [1.807, 2.05) is 49.4 Å². The molecule has 0 aliphatic carbocycles. The first kappa shape index (κ1) is 12.7. The van der Waals surface area contributed by atoms with Crippen LogP contribution in [-0.4, -0.2) is 5.11 Å². The molecule has 0 heterocycles. The minimum absolute atomic E-state index is 0.0510. The Morgan fingerprint density at radius 3 is 2.50 bits per heavy atom. The van der Waals surface area contributed by atoms with Gasteiger partial charge in [-0.15, -0.1) is 0 Å². The maximum atomic E-state index is 9.14. The van der Waals surface area contributed by atoms with Gasteiger partial charge in [-0.3, -0.25) is 0 Å². The highest BCUT2D eigenvalue weighted by Gasteiger charge is 2.05. The Balaban J connectivity index is 2.01.